The van der Waals surface area contributed by atoms with Crippen LogP contribution in [-0.2, 0) is 4.79 Å². The van der Waals surface area contributed by atoms with Crippen LogP contribution in [-0.4, -0.2) is 63.7 Å². The number of likely N-dealkylation sites (tertiary alicyclic amines) is 1. The van der Waals surface area contributed by atoms with Gasteiger partial charge in [-0.3, -0.25) is 9.59 Å². The molecule has 2 aromatic carbocycles. The van der Waals surface area contributed by atoms with Crippen LogP contribution in [0.15, 0.2) is 36.4 Å². The van der Waals surface area contributed by atoms with Crippen LogP contribution in [0.5, 0.6) is 28.7 Å². The molecule has 8 heteroatoms. The molecule has 0 N–H and O–H groups in total. The molecule has 0 aliphatic carbocycles. The monoisotopic (exact) mass is 467 g/mol. The van der Waals surface area contributed by atoms with E-state index < -0.39 is 5.60 Å². The van der Waals surface area contributed by atoms with Crippen molar-refractivity contribution in [3.63, 3.8) is 0 Å². The number of benzene rings is 2. The van der Waals surface area contributed by atoms with Gasteiger partial charge in [-0.15, -0.1) is 0 Å². The Kier molecular flexibility index (Phi) is 6.68. The Morgan fingerprint density at radius 2 is 1.65 bits per heavy atom. The fraction of sp³-hybridized carbons (Fsp3) is 0.385. The summed E-state index contributed by atoms with van der Waals surface area (Å²) in [4.78, 5) is 27.4. The summed E-state index contributed by atoms with van der Waals surface area (Å²) < 4.78 is 27.6. The zero-order chi connectivity index (χ0) is 24.3. The van der Waals surface area contributed by atoms with E-state index in [0.717, 1.165) is 5.56 Å². The van der Waals surface area contributed by atoms with Crippen LogP contribution in [0.1, 0.15) is 35.2 Å². The van der Waals surface area contributed by atoms with Gasteiger partial charge < -0.3 is 28.6 Å². The first-order valence-electron chi connectivity index (χ1n) is 11.1. The average molecular weight is 468 g/mol. The number of nitrogens with zero attached hydrogens (tertiary/aromatic N) is 1. The van der Waals surface area contributed by atoms with Crippen LogP contribution in [0.2, 0.25) is 0 Å². The van der Waals surface area contributed by atoms with Gasteiger partial charge in [0.05, 0.1) is 40.4 Å². The van der Waals surface area contributed by atoms with Gasteiger partial charge in [-0.05, 0) is 42.0 Å². The second kappa shape index (κ2) is 9.67. The van der Waals surface area contributed by atoms with Gasteiger partial charge in [0.2, 0.25) is 11.7 Å². The Labute approximate surface area is 199 Å². The number of amides is 1. The van der Waals surface area contributed by atoms with Gasteiger partial charge >= 0.3 is 0 Å². The van der Waals surface area contributed by atoms with E-state index >= 15 is 0 Å². The second-order valence-corrected chi connectivity index (χ2v) is 8.36. The first-order valence-corrected chi connectivity index (χ1v) is 11.1. The predicted molar refractivity (Wildman–Crippen MR) is 126 cm³/mol. The van der Waals surface area contributed by atoms with Gasteiger partial charge in [0.15, 0.2) is 17.3 Å². The third-order valence-electron chi connectivity index (χ3n) is 6.39. The number of Topliss-reactive ketones (excluding diaryl/α,β-unsaturated/α-hetero) is 1. The number of ketones is 1. The van der Waals surface area contributed by atoms with Gasteiger partial charge in [0.1, 0.15) is 17.1 Å². The molecule has 0 bridgehead atoms. The maximum absolute atomic E-state index is 12.8. The van der Waals surface area contributed by atoms with Crippen molar-refractivity contribution >= 4 is 17.8 Å². The van der Waals surface area contributed by atoms with E-state index in [0.29, 0.717) is 66.7 Å². The summed E-state index contributed by atoms with van der Waals surface area (Å²) in [5.74, 6) is 2.69. The van der Waals surface area contributed by atoms with E-state index in [1.165, 1.54) is 6.08 Å². The molecule has 0 saturated carbocycles. The molecule has 1 amide bonds. The van der Waals surface area contributed by atoms with Crippen LogP contribution < -0.4 is 23.7 Å². The Balaban J connectivity index is 1.42. The van der Waals surface area contributed by atoms with Crippen LogP contribution in [0.4, 0.5) is 0 Å². The third kappa shape index (κ3) is 4.53. The normalized spacial score (nSPS) is 16.7. The number of hydrogen-bond acceptors (Lipinski definition) is 7. The highest BCUT2D eigenvalue weighted by Gasteiger charge is 2.43. The average Bonchev–Trinajstić information content (AvgIpc) is 2.86. The highest BCUT2D eigenvalue weighted by Crippen LogP contribution is 2.41. The molecular weight excluding hydrogens is 438 g/mol. The molecule has 1 spiro atoms. The van der Waals surface area contributed by atoms with Gasteiger partial charge in [-0.2, -0.15) is 0 Å². The highest BCUT2D eigenvalue weighted by molar-refractivity contribution is 6.00. The fourth-order valence-corrected chi connectivity index (χ4v) is 4.48. The molecule has 1 saturated heterocycles. The standard InChI is InChI=1S/C26H29NO7/c1-30-18-6-7-21-19(15-18)20(28)16-26(34-21)9-11-27(12-10-26)24(29)8-5-17-13-22(31-2)25(33-4)23(14-17)32-3/h5-8,13-15H,9-12,16H2,1-4H3/b8-5+. The third-order valence-corrected chi connectivity index (χ3v) is 6.39. The van der Waals surface area contributed by atoms with Crippen LogP contribution in [0.3, 0.4) is 0 Å². The minimum Gasteiger partial charge on any atom is -0.497 e. The van der Waals surface area contributed by atoms with Crippen molar-refractivity contribution in [1.82, 2.24) is 4.90 Å². The molecule has 0 atom stereocenters. The molecule has 34 heavy (non-hydrogen) atoms. The lowest BCUT2D eigenvalue weighted by Crippen LogP contribution is -2.52. The molecule has 8 nitrogen and oxygen atoms in total. The second-order valence-electron chi connectivity index (χ2n) is 8.36. The van der Waals surface area contributed by atoms with Crippen LogP contribution >= 0.6 is 0 Å². The molecule has 4 rings (SSSR count). The summed E-state index contributed by atoms with van der Waals surface area (Å²) in [6.07, 6.45) is 4.74. The van der Waals surface area contributed by atoms with E-state index in [9.17, 15) is 9.59 Å². The van der Waals surface area contributed by atoms with Crippen LogP contribution in [0, 0.1) is 0 Å². The summed E-state index contributed by atoms with van der Waals surface area (Å²) in [7, 11) is 6.21. The number of methoxy groups -OCH3 is 4. The van der Waals surface area contributed by atoms with Gasteiger partial charge in [0, 0.05) is 32.0 Å². The van der Waals surface area contributed by atoms with Crippen molar-refractivity contribution < 1.29 is 33.3 Å². The van der Waals surface area contributed by atoms with E-state index in [2.05, 4.69) is 0 Å². The largest absolute Gasteiger partial charge is 0.497 e. The summed E-state index contributed by atoms with van der Waals surface area (Å²) >= 11 is 0. The Hall–Kier alpha value is -3.68. The number of carbonyl (C=O) groups is 2. The minimum absolute atomic E-state index is 0.0437. The molecular formula is C26H29NO7. The van der Waals surface area contributed by atoms with Crippen molar-refractivity contribution in [2.45, 2.75) is 24.9 Å². The smallest absolute Gasteiger partial charge is 0.246 e. The summed E-state index contributed by atoms with van der Waals surface area (Å²) in [6, 6.07) is 8.86. The number of hydrogen-bond donors (Lipinski definition) is 0. The van der Waals surface area contributed by atoms with E-state index in [4.69, 9.17) is 23.7 Å². The van der Waals surface area contributed by atoms with Crippen molar-refractivity contribution in [3.05, 3.63) is 47.5 Å². The zero-order valence-corrected chi connectivity index (χ0v) is 19.9. The predicted octanol–water partition coefficient (Wildman–Crippen LogP) is 3.76. The molecule has 2 aromatic rings. The SMILES string of the molecule is COc1ccc2c(c1)C(=O)CC1(CCN(C(=O)/C=C/c3cc(OC)c(OC)c(OC)c3)CC1)O2. The van der Waals surface area contributed by atoms with Crippen molar-refractivity contribution in [1.29, 1.82) is 0 Å². The number of ether oxygens (including phenoxy) is 5. The van der Waals surface area contributed by atoms with E-state index in [1.807, 2.05) is 0 Å². The molecule has 1 fully saturated rings. The molecule has 2 heterocycles. The maximum Gasteiger partial charge on any atom is 0.246 e. The van der Waals surface area contributed by atoms with E-state index in [-0.39, 0.29) is 11.7 Å². The fourth-order valence-electron chi connectivity index (χ4n) is 4.48. The van der Waals surface area contributed by atoms with Crippen molar-refractivity contribution in [2.24, 2.45) is 0 Å². The van der Waals surface area contributed by atoms with Crippen molar-refractivity contribution in [3.8, 4) is 28.7 Å². The molecule has 180 valence electrons. The summed E-state index contributed by atoms with van der Waals surface area (Å²) in [6.45, 7) is 1.02. The number of carbonyl (C=O) groups excluding carboxylic acids is 2. The molecule has 2 aliphatic rings. The van der Waals surface area contributed by atoms with Gasteiger partial charge in [-0.25, -0.2) is 0 Å². The van der Waals surface area contributed by atoms with Gasteiger partial charge in [0.25, 0.3) is 0 Å². The molecule has 0 unspecified atom stereocenters. The first-order chi connectivity index (χ1) is 16.4. The lowest BCUT2D eigenvalue weighted by molar-refractivity contribution is -0.129. The lowest BCUT2D eigenvalue weighted by atomic mass is 9.82. The summed E-state index contributed by atoms with van der Waals surface area (Å²) in [5.41, 5.74) is 0.733. The summed E-state index contributed by atoms with van der Waals surface area (Å²) in [5, 5.41) is 0. The molecule has 2 aliphatic heterocycles. The Morgan fingerprint density at radius 3 is 2.24 bits per heavy atom. The number of fused-ring (bicyclic) bond motifs is 1. The first kappa shape index (κ1) is 23.5. The number of piperidine rings is 1. The minimum atomic E-state index is -0.574. The molecule has 0 aromatic heterocycles. The lowest BCUT2D eigenvalue weighted by Gasteiger charge is -2.43. The quantitative estimate of drug-likeness (QED) is 0.598. The van der Waals surface area contributed by atoms with Crippen molar-refractivity contribution in [2.75, 3.05) is 41.5 Å². The topological polar surface area (TPSA) is 83.5 Å². The Bertz CT molecular complexity index is 1090. The van der Waals surface area contributed by atoms with E-state index in [1.54, 1.807) is 69.7 Å². The Morgan fingerprint density at radius 1 is 0.971 bits per heavy atom. The molecule has 0 radical (unpaired) electrons. The van der Waals surface area contributed by atoms with Crippen LogP contribution in [0.25, 0.3) is 6.08 Å². The van der Waals surface area contributed by atoms with Gasteiger partial charge in [-0.1, -0.05) is 0 Å². The zero-order valence-electron chi connectivity index (χ0n) is 19.9. The maximum atomic E-state index is 12.8. The number of rotatable bonds is 6. The highest BCUT2D eigenvalue weighted by atomic mass is 16.5.